The van der Waals surface area contributed by atoms with Gasteiger partial charge in [-0.2, -0.15) is 0 Å². The molecule has 1 unspecified atom stereocenters. The van der Waals surface area contributed by atoms with Crippen LogP contribution >= 0.6 is 0 Å². The van der Waals surface area contributed by atoms with E-state index in [0.29, 0.717) is 19.7 Å². The highest BCUT2D eigenvalue weighted by Gasteiger charge is 2.28. The zero-order valence-electron chi connectivity index (χ0n) is 15.0. The fourth-order valence-corrected chi connectivity index (χ4v) is 2.85. The summed E-state index contributed by atoms with van der Waals surface area (Å²) in [6, 6.07) is 2.43. The molecule has 0 spiro atoms. The Labute approximate surface area is 151 Å². The Kier molecular flexibility index (Phi) is 6.76. The van der Waals surface area contributed by atoms with E-state index in [2.05, 4.69) is 0 Å². The lowest BCUT2D eigenvalue weighted by Crippen LogP contribution is -2.49. The molecular weight excluding hydrogens is 347 g/mol. The first-order valence-electron chi connectivity index (χ1n) is 8.08. The number of benzene rings is 1. The zero-order valence-corrected chi connectivity index (χ0v) is 15.0. The van der Waals surface area contributed by atoms with Crippen molar-refractivity contribution in [2.75, 3.05) is 54.1 Å². The van der Waals surface area contributed by atoms with E-state index < -0.39 is 17.7 Å². The predicted molar refractivity (Wildman–Crippen MR) is 90.3 cm³/mol. The molecule has 1 amide bonds. The van der Waals surface area contributed by atoms with Crippen molar-refractivity contribution in [3.8, 4) is 11.5 Å². The topological polar surface area (TPSA) is 88.5 Å². The molecule has 1 aliphatic heterocycles. The maximum atomic E-state index is 14.3. The number of hydrogen-bond donors (Lipinski definition) is 1. The van der Waals surface area contributed by atoms with Gasteiger partial charge in [-0.3, -0.25) is 14.5 Å². The first-order chi connectivity index (χ1) is 12.3. The van der Waals surface area contributed by atoms with E-state index in [1.165, 1.54) is 25.2 Å². The van der Waals surface area contributed by atoms with Crippen molar-refractivity contribution in [1.29, 1.82) is 0 Å². The Bertz CT molecular complexity index is 669. The lowest BCUT2D eigenvalue weighted by Gasteiger charge is -2.34. The SMILES string of the molecule is COc1cc(F)c(C(=O)N2CCOC(CN(C)CC(=O)O)C2)cc1OC. The van der Waals surface area contributed by atoms with Crippen LogP contribution in [0.5, 0.6) is 11.5 Å². The normalized spacial score (nSPS) is 17.3. The highest BCUT2D eigenvalue weighted by molar-refractivity contribution is 5.95. The molecule has 2 rings (SSSR count). The Morgan fingerprint density at radius 1 is 1.35 bits per heavy atom. The molecule has 9 heteroatoms. The summed E-state index contributed by atoms with van der Waals surface area (Å²) >= 11 is 0. The molecule has 1 saturated heterocycles. The molecule has 0 bridgehead atoms. The van der Waals surface area contributed by atoms with Crippen LogP contribution in [0.15, 0.2) is 12.1 Å². The van der Waals surface area contributed by atoms with Gasteiger partial charge < -0.3 is 24.2 Å². The maximum Gasteiger partial charge on any atom is 0.317 e. The largest absolute Gasteiger partial charge is 0.493 e. The van der Waals surface area contributed by atoms with E-state index in [-0.39, 0.29) is 36.3 Å². The number of carboxylic acids is 1. The summed E-state index contributed by atoms with van der Waals surface area (Å²) in [4.78, 5) is 26.6. The molecule has 1 aromatic rings. The first kappa shape index (κ1) is 19.9. The van der Waals surface area contributed by atoms with Gasteiger partial charge in [0.05, 0.1) is 39.0 Å². The number of carboxylic acid groups (broad SMARTS) is 1. The first-order valence-corrected chi connectivity index (χ1v) is 8.08. The quantitative estimate of drug-likeness (QED) is 0.756. The number of carbonyl (C=O) groups excluding carboxylic acids is 1. The molecule has 1 aromatic carbocycles. The average Bonchev–Trinajstić information content (AvgIpc) is 2.60. The van der Waals surface area contributed by atoms with Crippen molar-refractivity contribution >= 4 is 11.9 Å². The van der Waals surface area contributed by atoms with E-state index in [0.717, 1.165) is 6.07 Å². The third-order valence-electron chi connectivity index (χ3n) is 4.05. The molecule has 0 saturated carbocycles. The van der Waals surface area contributed by atoms with Gasteiger partial charge in [0.1, 0.15) is 5.82 Å². The Balaban J connectivity index is 2.10. The number of ether oxygens (including phenoxy) is 3. The van der Waals surface area contributed by atoms with E-state index in [1.54, 1.807) is 11.9 Å². The summed E-state index contributed by atoms with van der Waals surface area (Å²) in [5, 5.41) is 8.81. The lowest BCUT2D eigenvalue weighted by atomic mass is 10.1. The summed E-state index contributed by atoms with van der Waals surface area (Å²) in [5.41, 5.74) is -0.109. The van der Waals surface area contributed by atoms with Crippen LogP contribution in [0.1, 0.15) is 10.4 Å². The lowest BCUT2D eigenvalue weighted by molar-refractivity contribution is -0.138. The molecular formula is C17H23FN2O6. The highest BCUT2D eigenvalue weighted by Crippen LogP contribution is 2.30. The molecule has 0 aliphatic carbocycles. The van der Waals surface area contributed by atoms with Gasteiger partial charge in [0.15, 0.2) is 11.5 Å². The van der Waals surface area contributed by atoms with Crippen molar-refractivity contribution in [2.24, 2.45) is 0 Å². The summed E-state index contributed by atoms with van der Waals surface area (Å²) < 4.78 is 30.1. The molecule has 26 heavy (non-hydrogen) atoms. The Hall–Kier alpha value is -2.39. The number of carbonyl (C=O) groups is 2. The van der Waals surface area contributed by atoms with Crippen LogP contribution in [0.25, 0.3) is 0 Å². The number of halogens is 1. The van der Waals surface area contributed by atoms with Crippen LogP contribution < -0.4 is 9.47 Å². The van der Waals surface area contributed by atoms with Crippen LogP contribution in [0.4, 0.5) is 4.39 Å². The number of likely N-dealkylation sites (N-methyl/N-ethyl adjacent to an activating group) is 1. The number of nitrogens with zero attached hydrogens (tertiary/aromatic N) is 2. The number of methoxy groups -OCH3 is 2. The van der Waals surface area contributed by atoms with E-state index in [1.807, 2.05) is 0 Å². The van der Waals surface area contributed by atoms with Gasteiger partial charge >= 0.3 is 5.97 Å². The molecule has 0 aromatic heterocycles. The highest BCUT2D eigenvalue weighted by atomic mass is 19.1. The molecule has 1 fully saturated rings. The average molecular weight is 370 g/mol. The van der Waals surface area contributed by atoms with Gasteiger partial charge in [-0.1, -0.05) is 0 Å². The third-order valence-corrected chi connectivity index (χ3v) is 4.05. The second-order valence-corrected chi connectivity index (χ2v) is 6.02. The van der Waals surface area contributed by atoms with Gasteiger partial charge in [-0.05, 0) is 13.1 Å². The number of rotatable bonds is 7. The summed E-state index contributed by atoms with van der Waals surface area (Å²) in [7, 11) is 4.46. The minimum atomic E-state index is -0.941. The van der Waals surface area contributed by atoms with E-state index in [4.69, 9.17) is 19.3 Å². The van der Waals surface area contributed by atoms with Gasteiger partial charge in [0, 0.05) is 25.7 Å². The van der Waals surface area contributed by atoms with E-state index in [9.17, 15) is 14.0 Å². The number of aliphatic carboxylic acids is 1. The number of amides is 1. The Morgan fingerprint density at radius 2 is 2.00 bits per heavy atom. The minimum absolute atomic E-state index is 0.109. The molecule has 0 radical (unpaired) electrons. The van der Waals surface area contributed by atoms with Crippen LogP contribution in [-0.4, -0.2) is 86.9 Å². The smallest absolute Gasteiger partial charge is 0.317 e. The molecule has 144 valence electrons. The fourth-order valence-electron chi connectivity index (χ4n) is 2.85. The monoisotopic (exact) mass is 370 g/mol. The second kappa shape index (κ2) is 8.81. The van der Waals surface area contributed by atoms with Gasteiger partial charge in [0.25, 0.3) is 5.91 Å². The summed E-state index contributed by atoms with van der Waals surface area (Å²) in [5.74, 6) is -1.64. The summed E-state index contributed by atoms with van der Waals surface area (Å²) in [6.07, 6.45) is -0.347. The molecule has 1 heterocycles. The van der Waals surface area contributed by atoms with Crippen LogP contribution in [0.3, 0.4) is 0 Å². The van der Waals surface area contributed by atoms with Crippen molar-refractivity contribution in [1.82, 2.24) is 9.80 Å². The zero-order chi connectivity index (χ0) is 19.3. The molecule has 8 nitrogen and oxygen atoms in total. The van der Waals surface area contributed by atoms with Crippen LogP contribution in [0.2, 0.25) is 0 Å². The minimum Gasteiger partial charge on any atom is -0.493 e. The number of hydrogen-bond acceptors (Lipinski definition) is 6. The Morgan fingerprint density at radius 3 is 2.62 bits per heavy atom. The van der Waals surface area contributed by atoms with Gasteiger partial charge in [-0.15, -0.1) is 0 Å². The molecule has 1 atom stereocenters. The van der Waals surface area contributed by atoms with Crippen molar-refractivity contribution in [3.63, 3.8) is 0 Å². The van der Waals surface area contributed by atoms with Gasteiger partial charge in [-0.25, -0.2) is 4.39 Å². The van der Waals surface area contributed by atoms with Crippen molar-refractivity contribution in [2.45, 2.75) is 6.10 Å². The number of morpholine rings is 1. The molecule has 1 N–H and O–H groups in total. The molecule has 1 aliphatic rings. The maximum absolute atomic E-state index is 14.3. The van der Waals surface area contributed by atoms with Crippen molar-refractivity contribution < 1.29 is 33.3 Å². The summed E-state index contributed by atoms with van der Waals surface area (Å²) in [6.45, 7) is 1.09. The van der Waals surface area contributed by atoms with Crippen molar-refractivity contribution in [3.05, 3.63) is 23.5 Å². The van der Waals surface area contributed by atoms with Crippen LogP contribution in [0, 0.1) is 5.82 Å². The second-order valence-electron chi connectivity index (χ2n) is 6.02. The standard InChI is InChI=1S/C17H23FN2O6/c1-19(10-16(21)22)8-11-9-20(4-5-26-11)17(23)12-6-14(24-2)15(25-3)7-13(12)18/h6-7,11H,4-5,8-10H2,1-3H3,(H,21,22). The van der Waals surface area contributed by atoms with Gasteiger partial charge in [0.2, 0.25) is 0 Å². The predicted octanol–water partition coefficient (Wildman–Crippen LogP) is 0.700. The fraction of sp³-hybridized carbons (Fsp3) is 0.529. The van der Waals surface area contributed by atoms with E-state index >= 15 is 0 Å². The third kappa shape index (κ3) is 4.83. The van der Waals surface area contributed by atoms with Crippen LogP contribution in [-0.2, 0) is 9.53 Å².